The van der Waals surface area contributed by atoms with Crippen LogP contribution in [0.3, 0.4) is 0 Å². The van der Waals surface area contributed by atoms with Gasteiger partial charge in [0.25, 0.3) is 0 Å². The zero-order valence-corrected chi connectivity index (χ0v) is 14.8. The second kappa shape index (κ2) is 8.06. The van der Waals surface area contributed by atoms with Gasteiger partial charge in [-0.15, -0.1) is 0 Å². The lowest BCUT2D eigenvalue weighted by molar-refractivity contribution is -0.136. The molecule has 1 aliphatic heterocycles. The van der Waals surface area contributed by atoms with Crippen LogP contribution in [0, 0.1) is 0 Å². The molecule has 0 aromatic heterocycles. The number of nitrogens with one attached hydrogen (secondary N) is 2. The number of carboxylic acids is 1. The minimum atomic E-state index is -0.962. The summed E-state index contributed by atoms with van der Waals surface area (Å²) in [5, 5.41) is 13.7. The van der Waals surface area contributed by atoms with Crippen molar-refractivity contribution in [2.45, 2.75) is 25.9 Å². The Hall–Kier alpha value is -2.48. The van der Waals surface area contributed by atoms with Crippen LogP contribution in [0.25, 0.3) is 0 Å². The number of carbonyl (C=O) groups excluding carboxylic acids is 1. The summed E-state index contributed by atoms with van der Waals surface area (Å²) >= 11 is 0. The van der Waals surface area contributed by atoms with Crippen molar-refractivity contribution in [2.24, 2.45) is 0 Å². The topological polar surface area (TPSA) is 100 Å². The van der Waals surface area contributed by atoms with Crippen LogP contribution in [0.1, 0.15) is 20.3 Å². The molecule has 8 nitrogen and oxygen atoms in total. The van der Waals surface area contributed by atoms with Crippen molar-refractivity contribution in [2.75, 3.05) is 43.6 Å². The molecule has 25 heavy (non-hydrogen) atoms. The van der Waals surface area contributed by atoms with E-state index in [-0.39, 0.29) is 18.6 Å². The zero-order valence-electron chi connectivity index (χ0n) is 14.8. The predicted molar refractivity (Wildman–Crippen MR) is 94.5 cm³/mol. The number of morpholine rings is 1. The third-order valence-electron chi connectivity index (χ3n) is 3.85. The van der Waals surface area contributed by atoms with E-state index in [1.54, 1.807) is 6.07 Å². The number of urea groups is 1. The standard InChI is InChI=1S/C17H25N3O5/c1-17(2)11-20(8-9-25-17)12-4-5-13(14(10-12)24-3)19-16(23)18-7-6-15(21)22/h4-5,10H,6-9,11H2,1-3H3,(H,21,22)(H2,18,19,23). The van der Waals surface area contributed by atoms with Crippen LogP contribution in [0.2, 0.25) is 0 Å². The van der Waals surface area contributed by atoms with Gasteiger partial charge in [0.15, 0.2) is 0 Å². The maximum Gasteiger partial charge on any atom is 0.319 e. The molecule has 1 heterocycles. The smallest absolute Gasteiger partial charge is 0.319 e. The van der Waals surface area contributed by atoms with Crippen LogP contribution >= 0.6 is 0 Å². The third kappa shape index (κ3) is 5.53. The maximum absolute atomic E-state index is 11.8. The van der Waals surface area contributed by atoms with Crippen molar-refractivity contribution in [3.05, 3.63) is 18.2 Å². The van der Waals surface area contributed by atoms with Crippen LogP contribution < -0.4 is 20.3 Å². The van der Waals surface area contributed by atoms with Crippen LogP contribution in [-0.4, -0.2) is 56.1 Å². The van der Waals surface area contributed by atoms with Gasteiger partial charge in [-0.05, 0) is 26.0 Å². The van der Waals surface area contributed by atoms with Gasteiger partial charge < -0.3 is 30.1 Å². The van der Waals surface area contributed by atoms with Crippen LogP contribution in [0.4, 0.5) is 16.2 Å². The number of nitrogens with zero attached hydrogens (tertiary/aromatic N) is 1. The molecule has 0 atom stereocenters. The molecule has 0 saturated carbocycles. The second-order valence-electron chi connectivity index (χ2n) is 6.44. The molecule has 0 unspecified atom stereocenters. The van der Waals surface area contributed by atoms with Crippen molar-refractivity contribution in [3.8, 4) is 5.75 Å². The molecular formula is C17H25N3O5. The second-order valence-corrected chi connectivity index (χ2v) is 6.44. The molecule has 1 fully saturated rings. The first kappa shape index (κ1) is 18.9. The van der Waals surface area contributed by atoms with E-state index in [1.165, 1.54) is 7.11 Å². The van der Waals surface area contributed by atoms with Crippen molar-refractivity contribution in [3.63, 3.8) is 0 Å². The fourth-order valence-corrected chi connectivity index (χ4v) is 2.67. The van der Waals surface area contributed by atoms with Gasteiger partial charge in [-0.2, -0.15) is 0 Å². The van der Waals surface area contributed by atoms with E-state index in [9.17, 15) is 9.59 Å². The average molecular weight is 351 g/mol. The Morgan fingerprint density at radius 1 is 1.40 bits per heavy atom. The molecule has 2 rings (SSSR count). The van der Waals surface area contributed by atoms with Crippen LogP contribution in [0.5, 0.6) is 5.75 Å². The van der Waals surface area contributed by atoms with Gasteiger partial charge in [-0.3, -0.25) is 4.79 Å². The normalized spacial score (nSPS) is 16.2. The number of rotatable bonds is 6. The Labute approximate surface area is 147 Å². The molecule has 1 aromatic rings. The molecule has 2 amide bonds. The van der Waals surface area contributed by atoms with Gasteiger partial charge in [0.1, 0.15) is 5.75 Å². The summed E-state index contributed by atoms with van der Waals surface area (Å²) in [5.41, 5.74) is 1.29. The summed E-state index contributed by atoms with van der Waals surface area (Å²) in [6, 6.07) is 5.08. The number of benzene rings is 1. The maximum atomic E-state index is 11.8. The Balaban J connectivity index is 2.03. The first-order chi connectivity index (χ1) is 11.8. The first-order valence-corrected chi connectivity index (χ1v) is 8.14. The van der Waals surface area contributed by atoms with E-state index in [1.807, 2.05) is 26.0 Å². The lowest BCUT2D eigenvalue weighted by Gasteiger charge is -2.39. The van der Waals surface area contributed by atoms with Gasteiger partial charge in [0.05, 0.1) is 31.4 Å². The SMILES string of the molecule is COc1cc(N2CCOC(C)(C)C2)ccc1NC(=O)NCCC(=O)O. The molecule has 8 heteroatoms. The number of carbonyl (C=O) groups is 2. The van der Waals surface area contributed by atoms with Gasteiger partial charge in [-0.25, -0.2) is 4.79 Å². The Morgan fingerprint density at radius 2 is 2.16 bits per heavy atom. The monoisotopic (exact) mass is 351 g/mol. The fraction of sp³-hybridized carbons (Fsp3) is 0.529. The number of aliphatic carboxylic acids is 1. The van der Waals surface area contributed by atoms with Gasteiger partial charge >= 0.3 is 12.0 Å². The van der Waals surface area contributed by atoms with Crippen molar-refractivity contribution in [1.29, 1.82) is 0 Å². The van der Waals surface area contributed by atoms with Crippen molar-refractivity contribution < 1.29 is 24.2 Å². The number of ether oxygens (including phenoxy) is 2. The molecule has 0 bridgehead atoms. The molecule has 0 radical (unpaired) electrons. The number of hydrogen-bond donors (Lipinski definition) is 3. The highest BCUT2D eigenvalue weighted by Crippen LogP contribution is 2.31. The molecule has 0 aliphatic carbocycles. The lowest BCUT2D eigenvalue weighted by Crippen LogP contribution is -2.48. The van der Waals surface area contributed by atoms with E-state index in [2.05, 4.69) is 15.5 Å². The molecule has 138 valence electrons. The summed E-state index contributed by atoms with van der Waals surface area (Å²) in [7, 11) is 1.54. The van der Waals surface area contributed by atoms with Gasteiger partial charge in [0, 0.05) is 31.4 Å². The predicted octanol–water partition coefficient (Wildman–Crippen LogP) is 1.91. The molecular weight excluding hydrogens is 326 g/mol. The Kier molecular flexibility index (Phi) is 6.08. The number of anilines is 2. The largest absolute Gasteiger partial charge is 0.494 e. The summed E-state index contributed by atoms with van der Waals surface area (Å²) in [6.45, 7) is 6.36. The third-order valence-corrected chi connectivity index (χ3v) is 3.85. The highest BCUT2D eigenvalue weighted by molar-refractivity contribution is 5.91. The van der Waals surface area contributed by atoms with E-state index in [4.69, 9.17) is 14.6 Å². The van der Waals surface area contributed by atoms with E-state index < -0.39 is 12.0 Å². The number of carboxylic acid groups (broad SMARTS) is 1. The molecule has 1 aliphatic rings. The minimum absolute atomic E-state index is 0.0599. The minimum Gasteiger partial charge on any atom is -0.494 e. The number of amides is 2. The Bertz CT molecular complexity index is 633. The van der Waals surface area contributed by atoms with Crippen LogP contribution in [0.15, 0.2) is 18.2 Å². The number of methoxy groups -OCH3 is 1. The lowest BCUT2D eigenvalue weighted by atomic mass is 10.1. The molecule has 1 saturated heterocycles. The summed E-state index contributed by atoms with van der Waals surface area (Å²) in [4.78, 5) is 24.5. The summed E-state index contributed by atoms with van der Waals surface area (Å²) in [6.07, 6.45) is -0.129. The van der Waals surface area contributed by atoms with E-state index >= 15 is 0 Å². The first-order valence-electron chi connectivity index (χ1n) is 8.14. The molecule has 3 N–H and O–H groups in total. The highest BCUT2D eigenvalue weighted by Gasteiger charge is 2.27. The quantitative estimate of drug-likeness (QED) is 0.724. The summed E-state index contributed by atoms with van der Waals surface area (Å²) < 4.78 is 11.1. The van der Waals surface area contributed by atoms with Gasteiger partial charge in [-0.1, -0.05) is 0 Å². The molecule has 1 aromatic carbocycles. The summed E-state index contributed by atoms with van der Waals surface area (Å²) in [5.74, 6) is -0.425. The van der Waals surface area contributed by atoms with Crippen molar-refractivity contribution in [1.82, 2.24) is 5.32 Å². The van der Waals surface area contributed by atoms with Crippen molar-refractivity contribution >= 4 is 23.4 Å². The Morgan fingerprint density at radius 3 is 2.80 bits per heavy atom. The number of hydrogen-bond acceptors (Lipinski definition) is 5. The fourth-order valence-electron chi connectivity index (χ4n) is 2.67. The van der Waals surface area contributed by atoms with Crippen LogP contribution in [-0.2, 0) is 9.53 Å². The average Bonchev–Trinajstić information content (AvgIpc) is 2.53. The van der Waals surface area contributed by atoms with Gasteiger partial charge in [0.2, 0.25) is 0 Å². The van der Waals surface area contributed by atoms with E-state index in [0.29, 0.717) is 18.0 Å². The highest BCUT2D eigenvalue weighted by atomic mass is 16.5. The molecule has 0 spiro atoms. The van der Waals surface area contributed by atoms with E-state index in [0.717, 1.165) is 18.8 Å². The zero-order chi connectivity index (χ0) is 18.4.